The summed E-state index contributed by atoms with van der Waals surface area (Å²) in [5, 5.41) is 3.18. The maximum absolute atomic E-state index is 12.4. The number of benzene rings is 1. The second-order valence-corrected chi connectivity index (χ2v) is 6.53. The first kappa shape index (κ1) is 17.0. The zero-order valence-electron chi connectivity index (χ0n) is 13.9. The highest BCUT2D eigenvalue weighted by Crippen LogP contribution is 2.24. The quantitative estimate of drug-likeness (QED) is 0.934. The molecule has 122 valence electrons. The van der Waals surface area contributed by atoms with E-state index in [1.165, 1.54) is 16.2 Å². The number of hydrogen-bond acceptors (Lipinski definition) is 5. The molecule has 0 aliphatic heterocycles. The van der Waals surface area contributed by atoms with E-state index in [0.717, 1.165) is 5.69 Å². The summed E-state index contributed by atoms with van der Waals surface area (Å²) < 4.78 is 0. The summed E-state index contributed by atoms with van der Waals surface area (Å²) in [6.45, 7) is 1.76. The van der Waals surface area contributed by atoms with E-state index in [0.29, 0.717) is 21.3 Å². The van der Waals surface area contributed by atoms with E-state index in [2.05, 4.69) is 10.3 Å². The molecule has 0 radical (unpaired) electrons. The van der Waals surface area contributed by atoms with E-state index in [-0.39, 0.29) is 11.8 Å². The van der Waals surface area contributed by atoms with Crippen LogP contribution in [0.15, 0.2) is 24.3 Å². The van der Waals surface area contributed by atoms with Gasteiger partial charge in [-0.2, -0.15) is 0 Å². The molecule has 1 N–H and O–H groups in total. The van der Waals surface area contributed by atoms with Crippen LogP contribution in [0, 0.1) is 6.92 Å². The van der Waals surface area contributed by atoms with Crippen molar-refractivity contribution in [3.05, 3.63) is 40.4 Å². The second kappa shape index (κ2) is 6.78. The van der Waals surface area contributed by atoms with Gasteiger partial charge in [-0.3, -0.25) is 14.9 Å². The molecule has 0 bridgehead atoms. The first-order valence-corrected chi connectivity index (χ1v) is 7.89. The van der Waals surface area contributed by atoms with Crippen LogP contribution in [0.2, 0.25) is 0 Å². The summed E-state index contributed by atoms with van der Waals surface area (Å²) in [5.74, 6) is -0.360. The molecule has 1 aromatic heterocycles. The van der Waals surface area contributed by atoms with Crippen LogP contribution in [-0.4, -0.2) is 49.9 Å². The van der Waals surface area contributed by atoms with Gasteiger partial charge in [0, 0.05) is 39.4 Å². The number of anilines is 2. The Hall–Kier alpha value is -2.41. The van der Waals surface area contributed by atoms with E-state index >= 15 is 0 Å². The summed E-state index contributed by atoms with van der Waals surface area (Å²) in [6.07, 6.45) is 0. The molecule has 0 spiro atoms. The topological polar surface area (TPSA) is 65.5 Å². The number of aryl methyl sites for hydroxylation is 1. The van der Waals surface area contributed by atoms with E-state index in [4.69, 9.17) is 0 Å². The molecule has 0 aliphatic carbocycles. The minimum absolute atomic E-state index is 0.116. The van der Waals surface area contributed by atoms with E-state index < -0.39 is 0 Å². The molecule has 7 heteroatoms. The Kier molecular flexibility index (Phi) is 5.00. The molecular formula is C16H20N4O2S. The van der Waals surface area contributed by atoms with Gasteiger partial charge in [-0.15, -0.1) is 0 Å². The Labute approximate surface area is 139 Å². The van der Waals surface area contributed by atoms with Crippen LogP contribution in [0.1, 0.15) is 25.7 Å². The van der Waals surface area contributed by atoms with Gasteiger partial charge in [0.25, 0.3) is 11.8 Å². The van der Waals surface area contributed by atoms with Crippen LogP contribution in [0.4, 0.5) is 10.8 Å². The van der Waals surface area contributed by atoms with Crippen molar-refractivity contribution in [2.75, 3.05) is 38.4 Å². The summed E-state index contributed by atoms with van der Waals surface area (Å²) in [5.41, 5.74) is 2.10. The van der Waals surface area contributed by atoms with Crippen molar-refractivity contribution in [3.8, 4) is 0 Å². The molecule has 2 rings (SSSR count). The third-order valence-corrected chi connectivity index (χ3v) is 4.30. The van der Waals surface area contributed by atoms with Gasteiger partial charge >= 0.3 is 0 Å². The molecule has 2 amide bonds. The van der Waals surface area contributed by atoms with Crippen molar-refractivity contribution in [3.63, 3.8) is 0 Å². The van der Waals surface area contributed by atoms with Gasteiger partial charge in [-0.1, -0.05) is 17.4 Å². The number of amides is 2. The molecule has 23 heavy (non-hydrogen) atoms. The van der Waals surface area contributed by atoms with Crippen LogP contribution in [-0.2, 0) is 0 Å². The highest BCUT2D eigenvalue weighted by molar-refractivity contribution is 7.17. The van der Waals surface area contributed by atoms with E-state index in [1.54, 1.807) is 27.1 Å². The minimum atomic E-state index is -0.244. The second-order valence-electron chi connectivity index (χ2n) is 5.53. The average Bonchev–Trinajstić information content (AvgIpc) is 2.86. The number of nitrogens with one attached hydrogen (secondary N) is 1. The molecule has 1 heterocycles. The third-order valence-electron chi connectivity index (χ3n) is 3.24. The van der Waals surface area contributed by atoms with Crippen molar-refractivity contribution in [2.24, 2.45) is 0 Å². The first-order chi connectivity index (χ1) is 10.8. The Bertz CT molecular complexity index is 737. The minimum Gasteiger partial charge on any atom is -0.378 e. The normalized spacial score (nSPS) is 10.3. The average molecular weight is 332 g/mol. The van der Waals surface area contributed by atoms with Crippen molar-refractivity contribution in [1.82, 2.24) is 9.88 Å². The summed E-state index contributed by atoms with van der Waals surface area (Å²) in [4.78, 5) is 32.6. The molecule has 6 nitrogen and oxygen atoms in total. The Morgan fingerprint density at radius 1 is 1.17 bits per heavy atom. The zero-order valence-corrected chi connectivity index (χ0v) is 14.7. The molecule has 0 aliphatic rings. The monoisotopic (exact) mass is 332 g/mol. The fourth-order valence-corrected chi connectivity index (χ4v) is 2.93. The van der Waals surface area contributed by atoms with Crippen molar-refractivity contribution in [2.45, 2.75) is 6.92 Å². The third kappa shape index (κ3) is 3.87. The molecular weight excluding hydrogens is 312 g/mol. The fraction of sp³-hybridized carbons (Fsp3) is 0.312. The lowest BCUT2D eigenvalue weighted by Crippen LogP contribution is -2.21. The van der Waals surface area contributed by atoms with Gasteiger partial charge in [-0.25, -0.2) is 4.98 Å². The zero-order chi connectivity index (χ0) is 17.1. The fourth-order valence-electron chi connectivity index (χ4n) is 1.95. The Morgan fingerprint density at radius 2 is 1.87 bits per heavy atom. The van der Waals surface area contributed by atoms with Gasteiger partial charge in [-0.05, 0) is 25.1 Å². The van der Waals surface area contributed by atoms with Crippen molar-refractivity contribution < 1.29 is 9.59 Å². The van der Waals surface area contributed by atoms with Gasteiger partial charge in [0.05, 0.1) is 5.69 Å². The van der Waals surface area contributed by atoms with Crippen LogP contribution in [0.25, 0.3) is 0 Å². The predicted octanol–water partition coefficient (Wildman–Crippen LogP) is 2.47. The van der Waals surface area contributed by atoms with Crippen LogP contribution < -0.4 is 10.2 Å². The Morgan fingerprint density at radius 3 is 2.48 bits per heavy atom. The SMILES string of the molecule is Cc1nc(NC(=O)c2cccc(N(C)C)c2)sc1C(=O)N(C)C. The Balaban J connectivity index is 2.19. The maximum Gasteiger partial charge on any atom is 0.265 e. The van der Waals surface area contributed by atoms with Crippen molar-refractivity contribution in [1.29, 1.82) is 0 Å². The highest BCUT2D eigenvalue weighted by atomic mass is 32.1. The van der Waals surface area contributed by atoms with E-state index in [9.17, 15) is 9.59 Å². The largest absolute Gasteiger partial charge is 0.378 e. The van der Waals surface area contributed by atoms with Gasteiger partial charge in [0.2, 0.25) is 0 Å². The standard InChI is InChI=1S/C16H20N4O2S/c1-10-13(15(22)20(4)5)23-16(17-10)18-14(21)11-7-6-8-12(9-11)19(2)3/h6-9H,1-5H3,(H,17,18,21). The molecule has 0 saturated heterocycles. The number of thiazole rings is 1. The molecule has 1 aromatic carbocycles. The predicted molar refractivity (Wildman–Crippen MR) is 93.6 cm³/mol. The number of carbonyl (C=O) groups is 2. The molecule has 0 fully saturated rings. The van der Waals surface area contributed by atoms with E-state index in [1.807, 2.05) is 37.2 Å². The van der Waals surface area contributed by atoms with Gasteiger partial charge < -0.3 is 9.80 Å². The van der Waals surface area contributed by atoms with Crippen LogP contribution in [0.3, 0.4) is 0 Å². The van der Waals surface area contributed by atoms with Crippen LogP contribution >= 0.6 is 11.3 Å². The molecule has 2 aromatic rings. The van der Waals surface area contributed by atoms with Crippen molar-refractivity contribution >= 4 is 34.0 Å². The van der Waals surface area contributed by atoms with Gasteiger partial charge in [0.15, 0.2) is 5.13 Å². The lowest BCUT2D eigenvalue weighted by Gasteiger charge is -2.13. The molecule has 0 atom stereocenters. The lowest BCUT2D eigenvalue weighted by atomic mass is 10.2. The first-order valence-electron chi connectivity index (χ1n) is 7.07. The smallest absolute Gasteiger partial charge is 0.265 e. The molecule has 0 saturated carbocycles. The van der Waals surface area contributed by atoms with Gasteiger partial charge in [0.1, 0.15) is 4.88 Å². The number of carbonyl (C=O) groups excluding carboxylic acids is 2. The highest BCUT2D eigenvalue weighted by Gasteiger charge is 2.18. The number of aromatic nitrogens is 1. The lowest BCUT2D eigenvalue weighted by molar-refractivity contribution is 0.0831. The number of hydrogen-bond donors (Lipinski definition) is 1. The maximum atomic E-state index is 12.4. The number of rotatable bonds is 4. The van der Waals surface area contributed by atoms with Crippen LogP contribution in [0.5, 0.6) is 0 Å². The summed E-state index contributed by atoms with van der Waals surface area (Å²) in [7, 11) is 7.21. The number of nitrogens with zero attached hydrogens (tertiary/aromatic N) is 3. The molecule has 0 unspecified atom stereocenters. The summed E-state index contributed by atoms with van der Waals surface area (Å²) in [6, 6.07) is 7.31. The summed E-state index contributed by atoms with van der Waals surface area (Å²) >= 11 is 1.18.